The standard InChI is InChI=1S/C15H25N/c1-5-14(6-2)11-16-13(4)15-9-7-12(3)8-10-15/h7-10,13-14,16H,5-6,11H2,1-4H3. The van der Waals surface area contributed by atoms with Gasteiger partial charge in [-0.15, -0.1) is 0 Å². The van der Waals surface area contributed by atoms with Crippen molar-refractivity contribution in [3.8, 4) is 0 Å². The quantitative estimate of drug-likeness (QED) is 0.760. The Balaban J connectivity index is 2.46. The Labute approximate surface area is 100 Å². The molecule has 16 heavy (non-hydrogen) atoms. The molecule has 1 rings (SSSR count). The lowest BCUT2D eigenvalue weighted by Gasteiger charge is -2.19. The van der Waals surface area contributed by atoms with Gasteiger partial charge < -0.3 is 5.32 Å². The van der Waals surface area contributed by atoms with Crippen LogP contribution in [0, 0.1) is 12.8 Å². The van der Waals surface area contributed by atoms with Crippen molar-refractivity contribution >= 4 is 0 Å². The smallest absolute Gasteiger partial charge is 0.0291 e. The summed E-state index contributed by atoms with van der Waals surface area (Å²) in [6.45, 7) is 10.0. The van der Waals surface area contributed by atoms with E-state index in [9.17, 15) is 0 Å². The molecular weight excluding hydrogens is 194 g/mol. The van der Waals surface area contributed by atoms with Gasteiger partial charge in [0, 0.05) is 6.04 Å². The highest BCUT2D eigenvalue weighted by atomic mass is 14.9. The van der Waals surface area contributed by atoms with E-state index in [-0.39, 0.29) is 0 Å². The molecule has 0 bridgehead atoms. The summed E-state index contributed by atoms with van der Waals surface area (Å²) in [7, 11) is 0. The minimum atomic E-state index is 0.459. The topological polar surface area (TPSA) is 12.0 Å². The van der Waals surface area contributed by atoms with E-state index in [0.29, 0.717) is 6.04 Å². The Morgan fingerprint density at radius 2 is 1.62 bits per heavy atom. The normalized spacial score (nSPS) is 13.1. The number of nitrogens with one attached hydrogen (secondary N) is 1. The Morgan fingerprint density at radius 1 is 1.06 bits per heavy atom. The summed E-state index contributed by atoms with van der Waals surface area (Å²) in [5, 5.41) is 3.62. The van der Waals surface area contributed by atoms with Crippen LogP contribution in [-0.4, -0.2) is 6.54 Å². The van der Waals surface area contributed by atoms with E-state index in [2.05, 4.69) is 57.3 Å². The number of hydrogen-bond donors (Lipinski definition) is 1. The molecule has 0 aliphatic carbocycles. The third kappa shape index (κ3) is 3.97. The van der Waals surface area contributed by atoms with Gasteiger partial charge in [-0.25, -0.2) is 0 Å². The van der Waals surface area contributed by atoms with Crippen molar-refractivity contribution < 1.29 is 0 Å². The maximum Gasteiger partial charge on any atom is 0.0291 e. The van der Waals surface area contributed by atoms with Gasteiger partial charge in [0.25, 0.3) is 0 Å². The van der Waals surface area contributed by atoms with Crippen LogP contribution in [0.3, 0.4) is 0 Å². The molecule has 0 saturated carbocycles. The molecule has 1 unspecified atom stereocenters. The number of hydrogen-bond acceptors (Lipinski definition) is 1. The van der Waals surface area contributed by atoms with Crippen LogP contribution in [0.2, 0.25) is 0 Å². The molecule has 90 valence electrons. The van der Waals surface area contributed by atoms with Gasteiger partial charge in [0.15, 0.2) is 0 Å². The first-order valence-electron chi connectivity index (χ1n) is 6.47. The van der Waals surface area contributed by atoms with Crippen molar-refractivity contribution in [2.45, 2.75) is 46.6 Å². The van der Waals surface area contributed by atoms with Crippen molar-refractivity contribution in [3.63, 3.8) is 0 Å². The van der Waals surface area contributed by atoms with Gasteiger partial charge in [-0.3, -0.25) is 0 Å². The first-order valence-corrected chi connectivity index (χ1v) is 6.47. The first-order chi connectivity index (χ1) is 7.67. The lowest BCUT2D eigenvalue weighted by atomic mass is 10.0. The molecule has 0 aliphatic heterocycles. The molecule has 0 spiro atoms. The number of benzene rings is 1. The summed E-state index contributed by atoms with van der Waals surface area (Å²) in [6, 6.07) is 9.27. The molecule has 1 nitrogen and oxygen atoms in total. The molecular formula is C15H25N. The van der Waals surface area contributed by atoms with Crippen molar-refractivity contribution in [1.82, 2.24) is 5.32 Å². The molecule has 0 radical (unpaired) electrons. The van der Waals surface area contributed by atoms with Crippen LogP contribution >= 0.6 is 0 Å². The average Bonchev–Trinajstić information content (AvgIpc) is 2.31. The third-order valence-electron chi connectivity index (χ3n) is 3.44. The van der Waals surface area contributed by atoms with Gasteiger partial charge in [-0.1, -0.05) is 56.5 Å². The predicted octanol–water partition coefficient (Wildman–Crippen LogP) is 4.08. The monoisotopic (exact) mass is 219 g/mol. The Hall–Kier alpha value is -0.820. The van der Waals surface area contributed by atoms with E-state index in [1.165, 1.54) is 24.0 Å². The van der Waals surface area contributed by atoms with E-state index >= 15 is 0 Å². The van der Waals surface area contributed by atoms with Crippen LogP contribution in [0.4, 0.5) is 0 Å². The van der Waals surface area contributed by atoms with Crippen molar-refractivity contribution in [1.29, 1.82) is 0 Å². The highest BCUT2D eigenvalue weighted by molar-refractivity contribution is 5.23. The third-order valence-corrected chi connectivity index (χ3v) is 3.44. The van der Waals surface area contributed by atoms with Crippen LogP contribution in [-0.2, 0) is 0 Å². The highest BCUT2D eigenvalue weighted by Gasteiger charge is 2.07. The molecule has 1 heteroatoms. The fraction of sp³-hybridized carbons (Fsp3) is 0.600. The Morgan fingerprint density at radius 3 is 2.12 bits per heavy atom. The molecule has 0 aromatic heterocycles. The van der Waals surface area contributed by atoms with Crippen LogP contribution in [0.15, 0.2) is 24.3 Å². The predicted molar refractivity (Wildman–Crippen MR) is 71.7 cm³/mol. The molecule has 1 aromatic carbocycles. The summed E-state index contributed by atoms with van der Waals surface area (Å²) in [4.78, 5) is 0. The second kappa shape index (κ2) is 6.70. The van der Waals surface area contributed by atoms with Gasteiger partial charge in [0.1, 0.15) is 0 Å². The zero-order valence-electron chi connectivity index (χ0n) is 11.1. The largest absolute Gasteiger partial charge is 0.310 e. The van der Waals surface area contributed by atoms with Crippen molar-refractivity contribution in [2.75, 3.05) is 6.54 Å². The van der Waals surface area contributed by atoms with Gasteiger partial charge in [-0.2, -0.15) is 0 Å². The van der Waals surface area contributed by atoms with Crippen LogP contribution in [0.5, 0.6) is 0 Å². The highest BCUT2D eigenvalue weighted by Crippen LogP contribution is 2.14. The minimum absolute atomic E-state index is 0.459. The minimum Gasteiger partial charge on any atom is -0.310 e. The van der Waals surface area contributed by atoms with Gasteiger partial charge >= 0.3 is 0 Å². The molecule has 0 fully saturated rings. The molecule has 0 saturated heterocycles. The maximum atomic E-state index is 3.62. The molecule has 1 N–H and O–H groups in total. The van der Waals surface area contributed by atoms with Crippen LogP contribution in [0.25, 0.3) is 0 Å². The van der Waals surface area contributed by atoms with E-state index in [1.807, 2.05) is 0 Å². The lowest BCUT2D eigenvalue weighted by Crippen LogP contribution is -2.25. The molecule has 0 aliphatic rings. The number of aryl methyl sites for hydroxylation is 1. The van der Waals surface area contributed by atoms with E-state index in [0.717, 1.165) is 12.5 Å². The summed E-state index contributed by atoms with van der Waals surface area (Å²) in [6.07, 6.45) is 2.54. The van der Waals surface area contributed by atoms with Crippen LogP contribution in [0.1, 0.15) is 50.8 Å². The maximum absolute atomic E-state index is 3.62. The van der Waals surface area contributed by atoms with E-state index in [1.54, 1.807) is 0 Å². The Kier molecular flexibility index (Phi) is 5.54. The average molecular weight is 219 g/mol. The summed E-state index contributed by atoms with van der Waals surface area (Å²) >= 11 is 0. The second-order valence-corrected chi connectivity index (χ2v) is 4.72. The lowest BCUT2D eigenvalue weighted by molar-refractivity contribution is 0.422. The van der Waals surface area contributed by atoms with Crippen molar-refractivity contribution in [3.05, 3.63) is 35.4 Å². The van der Waals surface area contributed by atoms with Crippen molar-refractivity contribution in [2.24, 2.45) is 5.92 Å². The summed E-state index contributed by atoms with van der Waals surface area (Å²) < 4.78 is 0. The fourth-order valence-electron chi connectivity index (χ4n) is 1.89. The molecule has 0 amide bonds. The van der Waals surface area contributed by atoms with Gasteiger partial charge in [-0.05, 0) is 31.9 Å². The fourth-order valence-corrected chi connectivity index (χ4v) is 1.89. The van der Waals surface area contributed by atoms with Gasteiger partial charge in [0.05, 0.1) is 0 Å². The summed E-state index contributed by atoms with van der Waals surface area (Å²) in [5.74, 6) is 0.813. The molecule has 1 aromatic rings. The molecule has 0 heterocycles. The van der Waals surface area contributed by atoms with E-state index < -0.39 is 0 Å². The first kappa shape index (κ1) is 13.2. The Bertz CT molecular complexity index is 285. The summed E-state index contributed by atoms with van der Waals surface area (Å²) in [5.41, 5.74) is 2.72. The second-order valence-electron chi connectivity index (χ2n) is 4.72. The zero-order valence-corrected chi connectivity index (χ0v) is 11.1. The van der Waals surface area contributed by atoms with Crippen LogP contribution < -0.4 is 5.32 Å². The SMILES string of the molecule is CCC(CC)CNC(C)c1ccc(C)cc1. The number of rotatable bonds is 6. The van der Waals surface area contributed by atoms with E-state index in [4.69, 9.17) is 0 Å². The molecule has 1 atom stereocenters. The van der Waals surface area contributed by atoms with Gasteiger partial charge in [0.2, 0.25) is 0 Å². The zero-order chi connectivity index (χ0) is 12.0.